The van der Waals surface area contributed by atoms with E-state index < -0.39 is 11.7 Å². The highest BCUT2D eigenvalue weighted by atomic mass is 35.5. The Hall–Kier alpha value is -1.34. The first-order valence-electron chi connectivity index (χ1n) is 4.64. The predicted molar refractivity (Wildman–Crippen MR) is 58.7 cm³/mol. The molecule has 0 aliphatic rings. The van der Waals surface area contributed by atoms with Crippen LogP contribution < -0.4 is 0 Å². The fourth-order valence-electron chi connectivity index (χ4n) is 1.40. The molecule has 1 heterocycles. The van der Waals surface area contributed by atoms with Gasteiger partial charge in [-0.05, 0) is 28.6 Å². The number of hydrogen-bond acceptors (Lipinski definition) is 3. The first-order chi connectivity index (χ1) is 8.43. The summed E-state index contributed by atoms with van der Waals surface area (Å²) in [6.07, 6.45) is -4.56. The van der Waals surface area contributed by atoms with Crippen molar-refractivity contribution in [2.45, 2.75) is 12.1 Å². The van der Waals surface area contributed by atoms with Crippen molar-refractivity contribution in [1.82, 2.24) is 20.2 Å². The molecule has 4 nitrogen and oxygen atoms in total. The molecular weight excluding hydrogens is 292 g/mol. The molecule has 0 saturated carbocycles. The van der Waals surface area contributed by atoms with Crippen LogP contribution in [0.3, 0.4) is 0 Å². The van der Waals surface area contributed by atoms with Crippen LogP contribution in [-0.4, -0.2) is 20.2 Å². The van der Waals surface area contributed by atoms with E-state index in [2.05, 4.69) is 15.5 Å². The van der Waals surface area contributed by atoms with Gasteiger partial charge in [0.05, 0.1) is 17.1 Å². The Morgan fingerprint density at radius 2 is 2.00 bits per heavy atom. The Bertz CT molecular complexity index is 567. The van der Waals surface area contributed by atoms with E-state index >= 15 is 0 Å². The van der Waals surface area contributed by atoms with Crippen LogP contribution in [-0.2, 0) is 12.1 Å². The first-order valence-corrected chi connectivity index (χ1v) is 5.55. The lowest BCUT2D eigenvalue weighted by Gasteiger charge is -2.13. The molecule has 0 radical (unpaired) electrons. The summed E-state index contributed by atoms with van der Waals surface area (Å²) in [5.41, 5.74) is -1.14. The molecule has 0 amide bonds. The molecule has 96 valence electrons. The van der Waals surface area contributed by atoms with Crippen LogP contribution in [0.25, 0.3) is 5.69 Å². The fraction of sp³-hybridized carbons (Fsp3) is 0.222. The molecule has 0 saturated heterocycles. The number of rotatable bonds is 2. The minimum Gasteiger partial charge on any atom is -0.195 e. The number of nitrogens with zero attached hydrogens (tertiary/aromatic N) is 4. The maximum absolute atomic E-state index is 12.9. The van der Waals surface area contributed by atoms with Gasteiger partial charge in [-0.2, -0.15) is 17.9 Å². The van der Waals surface area contributed by atoms with Crippen LogP contribution in [0.15, 0.2) is 18.2 Å². The van der Waals surface area contributed by atoms with Crippen LogP contribution in [0, 0.1) is 0 Å². The summed E-state index contributed by atoms with van der Waals surface area (Å²) < 4.78 is 39.6. The first kappa shape index (κ1) is 13.1. The smallest absolute Gasteiger partial charge is 0.195 e. The number of hydrogen-bond donors (Lipinski definition) is 0. The van der Waals surface area contributed by atoms with E-state index in [-0.39, 0.29) is 22.4 Å². The highest BCUT2D eigenvalue weighted by molar-refractivity contribution is 6.30. The second-order valence-electron chi connectivity index (χ2n) is 3.30. The van der Waals surface area contributed by atoms with Gasteiger partial charge in [-0.3, -0.25) is 0 Å². The average molecular weight is 297 g/mol. The van der Waals surface area contributed by atoms with Gasteiger partial charge in [-0.25, -0.2) is 0 Å². The van der Waals surface area contributed by atoms with Gasteiger partial charge in [0.1, 0.15) is 0 Å². The number of aromatic nitrogens is 4. The molecular formula is C9H5Cl2F3N4. The van der Waals surface area contributed by atoms with Gasteiger partial charge in [0.15, 0.2) is 5.82 Å². The summed E-state index contributed by atoms with van der Waals surface area (Å²) >= 11 is 11.1. The summed E-state index contributed by atoms with van der Waals surface area (Å²) in [5.74, 6) is 0.0110. The quantitative estimate of drug-likeness (QED) is 0.800. The molecule has 2 rings (SSSR count). The van der Waals surface area contributed by atoms with E-state index in [4.69, 9.17) is 23.2 Å². The number of tetrazole rings is 1. The van der Waals surface area contributed by atoms with Crippen LogP contribution in [0.2, 0.25) is 5.02 Å². The summed E-state index contributed by atoms with van der Waals surface area (Å²) in [4.78, 5) is 0. The SMILES string of the molecule is FC(F)(F)c1cc(Cl)ccc1-n1nnnc1CCl. The van der Waals surface area contributed by atoms with Gasteiger partial charge in [-0.15, -0.1) is 16.7 Å². The molecule has 0 N–H and O–H groups in total. The van der Waals surface area contributed by atoms with Crippen molar-refractivity contribution in [2.75, 3.05) is 0 Å². The molecule has 0 atom stereocenters. The largest absolute Gasteiger partial charge is 0.418 e. The molecule has 0 unspecified atom stereocenters. The molecule has 2 aromatic rings. The minimum absolute atomic E-state index is 0.0217. The number of halogens is 5. The fourth-order valence-corrected chi connectivity index (χ4v) is 1.73. The second-order valence-corrected chi connectivity index (χ2v) is 4.00. The van der Waals surface area contributed by atoms with Crippen molar-refractivity contribution in [3.63, 3.8) is 0 Å². The van der Waals surface area contributed by atoms with Gasteiger partial charge in [0.2, 0.25) is 0 Å². The third-order valence-corrected chi connectivity index (χ3v) is 2.62. The van der Waals surface area contributed by atoms with E-state index in [9.17, 15) is 13.2 Å². The third kappa shape index (κ3) is 2.41. The third-order valence-electron chi connectivity index (χ3n) is 2.15. The van der Waals surface area contributed by atoms with Crippen molar-refractivity contribution in [3.05, 3.63) is 34.6 Å². The van der Waals surface area contributed by atoms with Crippen LogP contribution in [0.4, 0.5) is 13.2 Å². The topological polar surface area (TPSA) is 43.6 Å². The highest BCUT2D eigenvalue weighted by Crippen LogP contribution is 2.35. The second kappa shape index (κ2) is 4.74. The van der Waals surface area contributed by atoms with Gasteiger partial charge in [-0.1, -0.05) is 11.6 Å². The molecule has 1 aromatic heterocycles. The van der Waals surface area contributed by atoms with Crippen molar-refractivity contribution >= 4 is 23.2 Å². The monoisotopic (exact) mass is 296 g/mol. The normalized spacial score (nSPS) is 11.8. The Labute approximate surface area is 109 Å². The van der Waals surface area contributed by atoms with Crippen molar-refractivity contribution in [1.29, 1.82) is 0 Å². The lowest BCUT2D eigenvalue weighted by molar-refractivity contribution is -0.137. The van der Waals surface area contributed by atoms with E-state index in [0.29, 0.717) is 0 Å². The number of alkyl halides is 4. The molecule has 0 aliphatic carbocycles. The van der Waals surface area contributed by atoms with Crippen LogP contribution >= 0.6 is 23.2 Å². The maximum atomic E-state index is 12.9. The Morgan fingerprint density at radius 1 is 1.28 bits per heavy atom. The Balaban J connectivity index is 2.65. The average Bonchev–Trinajstić information content (AvgIpc) is 2.75. The van der Waals surface area contributed by atoms with E-state index in [0.717, 1.165) is 10.7 Å². The summed E-state index contributed by atoms with van der Waals surface area (Å²) in [6.45, 7) is 0. The van der Waals surface area contributed by atoms with Crippen LogP contribution in [0.1, 0.15) is 11.4 Å². The highest BCUT2D eigenvalue weighted by Gasteiger charge is 2.35. The Morgan fingerprint density at radius 3 is 2.61 bits per heavy atom. The van der Waals surface area contributed by atoms with E-state index in [1.54, 1.807) is 0 Å². The summed E-state index contributed by atoms with van der Waals surface area (Å²) in [7, 11) is 0. The molecule has 18 heavy (non-hydrogen) atoms. The lowest BCUT2D eigenvalue weighted by atomic mass is 10.1. The van der Waals surface area contributed by atoms with Crippen molar-refractivity contribution < 1.29 is 13.2 Å². The summed E-state index contributed by atoms with van der Waals surface area (Å²) in [6, 6.07) is 3.33. The van der Waals surface area contributed by atoms with Crippen molar-refractivity contribution in [2.24, 2.45) is 0 Å². The minimum atomic E-state index is -4.56. The molecule has 1 aromatic carbocycles. The maximum Gasteiger partial charge on any atom is 0.418 e. The molecule has 0 aliphatic heterocycles. The van der Waals surface area contributed by atoms with Gasteiger partial charge >= 0.3 is 6.18 Å². The van der Waals surface area contributed by atoms with E-state index in [1.807, 2.05) is 0 Å². The molecule has 0 fully saturated rings. The zero-order valence-corrected chi connectivity index (χ0v) is 10.1. The molecule has 0 spiro atoms. The van der Waals surface area contributed by atoms with Crippen molar-refractivity contribution in [3.8, 4) is 5.69 Å². The van der Waals surface area contributed by atoms with E-state index in [1.165, 1.54) is 12.1 Å². The standard InChI is InChI=1S/C9H5Cl2F3N4/c10-4-8-15-16-17-18(8)7-2-1-5(11)3-6(7)9(12,13)14/h1-3H,4H2. The summed E-state index contributed by atoms with van der Waals surface area (Å²) in [5, 5.41) is 10.3. The van der Waals surface area contributed by atoms with Gasteiger partial charge in [0.25, 0.3) is 0 Å². The molecule has 0 bridgehead atoms. The predicted octanol–water partition coefficient (Wildman–Crippen LogP) is 3.07. The Kier molecular flexibility index (Phi) is 3.45. The molecule has 9 heteroatoms. The zero-order valence-electron chi connectivity index (χ0n) is 8.62. The number of benzene rings is 1. The lowest BCUT2D eigenvalue weighted by Crippen LogP contribution is -2.13. The zero-order chi connectivity index (χ0) is 13.3. The van der Waals surface area contributed by atoms with Gasteiger partial charge < -0.3 is 0 Å². The van der Waals surface area contributed by atoms with Gasteiger partial charge in [0, 0.05) is 5.02 Å². The van der Waals surface area contributed by atoms with Crippen LogP contribution in [0.5, 0.6) is 0 Å².